The Morgan fingerprint density at radius 3 is 2.47 bits per heavy atom. The molecule has 0 N–H and O–H groups in total. The van der Waals surface area contributed by atoms with E-state index >= 15 is 0 Å². The largest absolute Gasteiger partial charge is 0.444 e. The van der Waals surface area contributed by atoms with Crippen LogP contribution in [0.25, 0.3) is 0 Å². The number of nitrogens with zero attached hydrogens (tertiary/aromatic N) is 1. The van der Waals surface area contributed by atoms with E-state index in [0.29, 0.717) is 5.41 Å². The fourth-order valence-corrected chi connectivity index (χ4v) is 2.28. The molecule has 0 radical (unpaired) electrons. The van der Waals surface area contributed by atoms with Gasteiger partial charge in [0.1, 0.15) is 5.60 Å². The predicted molar refractivity (Wildman–Crippen MR) is 58.7 cm³/mol. The molecule has 2 rings (SSSR count). The molecule has 1 saturated carbocycles. The maximum Gasteiger partial charge on any atom is 0.410 e. The maximum atomic E-state index is 11.8. The lowest BCUT2D eigenvalue weighted by molar-refractivity contribution is 0.0148. The van der Waals surface area contributed by atoms with Gasteiger partial charge in [-0.1, -0.05) is 0 Å². The third-order valence-electron chi connectivity index (χ3n) is 3.27. The molecule has 15 heavy (non-hydrogen) atoms. The summed E-state index contributed by atoms with van der Waals surface area (Å²) in [5, 5.41) is 0. The fraction of sp³-hybridized carbons (Fsp3) is 0.917. The lowest BCUT2D eigenvalue weighted by atomic mass is 9.95. The number of carbonyl (C=O) groups is 1. The van der Waals surface area contributed by atoms with E-state index in [1.54, 1.807) is 0 Å². The van der Waals surface area contributed by atoms with Crippen LogP contribution < -0.4 is 0 Å². The molecule has 0 aromatic carbocycles. The zero-order valence-corrected chi connectivity index (χ0v) is 10.0. The third-order valence-corrected chi connectivity index (χ3v) is 3.27. The van der Waals surface area contributed by atoms with Crippen molar-refractivity contribution in [3.8, 4) is 0 Å². The molecule has 1 aliphatic carbocycles. The second kappa shape index (κ2) is 3.39. The highest BCUT2D eigenvalue weighted by atomic mass is 16.6. The van der Waals surface area contributed by atoms with Gasteiger partial charge in [0.25, 0.3) is 0 Å². The van der Waals surface area contributed by atoms with Gasteiger partial charge < -0.3 is 9.64 Å². The number of amides is 1. The number of hydrogen-bond donors (Lipinski definition) is 0. The molecule has 1 aliphatic heterocycles. The third kappa shape index (κ3) is 2.64. The van der Waals surface area contributed by atoms with Crippen molar-refractivity contribution in [1.82, 2.24) is 4.90 Å². The zero-order chi connectivity index (χ0) is 11.1. The second-order valence-electron chi connectivity index (χ2n) is 6.01. The molecular weight excluding hydrogens is 190 g/mol. The van der Waals surface area contributed by atoms with Gasteiger partial charge in [-0.3, -0.25) is 0 Å². The number of rotatable bonds is 0. The summed E-state index contributed by atoms with van der Waals surface area (Å²) in [6.07, 6.45) is 4.90. The van der Waals surface area contributed by atoms with Crippen LogP contribution in [0.3, 0.4) is 0 Å². The number of likely N-dealkylation sites (tertiary alicyclic amines) is 1. The smallest absolute Gasteiger partial charge is 0.410 e. The highest BCUT2D eigenvalue weighted by Crippen LogP contribution is 2.52. The summed E-state index contributed by atoms with van der Waals surface area (Å²) in [5.74, 6) is 0. The minimum absolute atomic E-state index is 0.131. The summed E-state index contributed by atoms with van der Waals surface area (Å²) in [4.78, 5) is 13.7. The van der Waals surface area contributed by atoms with Crippen LogP contribution in [0, 0.1) is 5.41 Å². The average molecular weight is 211 g/mol. The van der Waals surface area contributed by atoms with Crippen LogP contribution >= 0.6 is 0 Å². The first-order chi connectivity index (χ1) is 6.90. The van der Waals surface area contributed by atoms with E-state index in [0.717, 1.165) is 19.5 Å². The highest BCUT2D eigenvalue weighted by Gasteiger charge is 2.46. The van der Waals surface area contributed by atoms with Crippen molar-refractivity contribution in [1.29, 1.82) is 0 Å². The van der Waals surface area contributed by atoms with Crippen molar-refractivity contribution in [2.45, 2.75) is 52.1 Å². The molecule has 3 nitrogen and oxygen atoms in total. The van der Waals surface area contributed by atoms with E-state index in [4.69, 9.17) is 4.74 Å². The molecule has 2 fully saturated rings. The molecule has 0 unspecified atom stereocenters. The van der Waals surface area contributed by atoms with Gasteiger partial charge in [-0.15, -0.1) is 0 Å². The first-order valence-corrected chi connectivity index (χ1v) is 5.88. The van der Waals surface area contributed by atoms with Crippen molar-refractivity contribution < 1.29 is 9.53 Å². The monoisotopic (exact) mass is 211 g/mol. The second-order valence-corrected chi connectivity index (χ2v) is 6.01. The molecule has 0 aromatic heterocycles. The quantitative estimate of drug-likeness (QED) is 0.616. The van der Waals surface area contributed by atoms with Gasteiger partial charge in [-0.05, 0) is 51.9 Å². The summed E-state index contributed by atoms with van der Waals surface area (Å²) < 4.78 is 5.39. The Kier molecular flexibility index (Phi) is 2.44. The first-order valence-electron chi connectivity index (χ1n) is 5.88. The lowest BCUT2D eigenvalue weighted by Crippen LogP contribution is -2.43. The number of piperidine rings is 1. The van der Waals surface area contributed by atoms with E-state index in [1.165, 1.54) is 19.3 Å². The zero-order valence-electron chi connectivity index (χ0n) is 10.0. The van der Waals surface area contributed by atoms with Crippen LogP contribution in [0.1, 0.15) is 46.5 Å². The Bertz CT molecular complexity index is 263. The molecule has 1 spiro atoms. The fourth-order valence-electron chi connectivity index (χ4n) is 2.28. The van der Waals surface area contributed by atoms with E-state index in [2.05, 4.69) is 0 Å². The highest BCUT2D eigenvalue weighted by molar-refractivity contribution is 5.68. The van der Waals surface area contributed by atoms with Crippen LogP contribution in [0.5, 0.6) is 0 Å². The molecule has 2 aliphatic rings. The SMILES string of the molecule is CC(C)(C)OC(=O)N1CCCC2(CC2)C1. The van der Waals surface area contributed by atoms with E-state index in [1.807, 2.05) is 25.7 Å². The van der Waals surface area contributed by atoms with Gasteiger partial charge >= 0.3 is 6.09 Å². The van der Waals surface area contributed by atoms with Crippen molar-refractivity contribution >= 4 is 6.09 Å². The number of hydrogen-bond acceptors (Lipinski definition) is 2. The van der Waals surface area contributed by atoms with Gasteiger partial charge in [-0.2, -0.15) is 0 Å². The van der Waals surface area contributed by atoms with Crippen molar-refractivity contribution in [2.75, 3.05) is 13.1 Å². The lowest BCUT2D eigenvalue weighted by Gasteiger charge is -2.34. The molecule has 1 heterocycles. The molecule has 3 heteroatoms. The molecular formula is C12H21NO2. The van der Waals surface area contributed by atoms with E-state index in [-0.39, 0.29) is 11.7 Å². The Balaban J connectivity index is 1.90. The number of carbonyl (C=O) groups excluding carboxylic acids is 1. The van der Waals surface area contributed by atoms with Crippen LogP contribution in [0.4, 0.5) is 4.79 Å². The van der Waals surface area contributed by atoms with Crippen molar-refractivity contribution in [2.24, 2.45) is 5.41 Å². The van der Waals surface area contributed by atoms with Crippen LogP contribution in [-0.4, -0.2) is 29.7 Å². The van der Waals surface area contributed by atoms with E-state index < -0.39 is 0 Å². The topological polar surface area (TPSA) is 29.5 Å². The molecule has 1 saturated heterocycles. The summed E-state index contributed by atoms with van der Waals surface area (Å²) in [5.41, 5.74) is 0.112. The number of ether oxygens (including phenoxy) is 1. The van der Waals surface area contributed by atoms with Gasteiger partial charge in [0, 0.05) is 13.1 Å². The Labute approximate surface area is 91.8 Å². The van der Waals surface area contributed by atoms with Crippen LogP contribution in [-0.2, 0) is 4.74 Å². The molecule has 1 amide bonds. The normalized spacial score (nSPS) is 24.1. The summed E-state index contributed by atoms with van der Waals surface area (Å²) in [6.45, 7) is 7.55. The van der Waals surface area contributed by atoms with Gasteiger partial charge in [0.2, 0.25) is 0 Å². The summed E-state index contributed by atoms with van der Waals surface area (Å²) in [7, 11) is 0. The molecule has 0 atom stereocenters. The summed E-state index contributed by atoms with van der Waals surface area (Å²) in [6, 6.07) is 0. The molecule has 0 bridgehead atoms. The minimum atomic E-state index is -0.370. The molecule has 0 aromatic rings. The van der Waals surface area contributed by atoms with Crippen molar-refractivity contribution in [3.05, 3.63) is 0 Å². The Morgan fingerprint density at radius 2 is 1.93 bits per heavy atom. The van der Waals surface area contributed by atoms with Crippen LogP contribution in [0.2, 0.25) is 0 Å². The first kappa shape index (κ1) is 10.8. The molecule has 86 valence electrons. The van der Waals surface area contributed by atoms with Crippen LogP contribution in [0.15, 0.2) is 0 Å². The van der Waals surface area contributed by atoms with Crippen molar-refractivity contribution in [3.63, 3.8) is 0 Å². The van der Waals surface area contributed by atoms with Gasteiger partial charge in [0.15, 0.2) is 0 Å². The predicted octanol–water partition coefficient (Wildman–Crippen LogP) is 2.80. The Morgan fingerprint density at radius 1 is 1.27 bits per heavy atom. The summed E-state index contributed by atoms with van der Waals surface area (Å²) >= 11 is 0. The van der Waals surface area contributed by atoms with Gasteiger partial charge in [0.05, 0.1) is 0 Å². The Hall–Kier alpha value is -0.730. The minimum Gasteiger partial charge on any atom is -0.444 e. The standard InChI is InChI=1S/C12H21NO2/c1-11(2,3)15-10(14)13-8-4-5-12(9-13)6-7-12/h4-9H2,1-3H3. The maximum absolute atomic E-state index is 11.8. The van der Waals surface area contributed by atoms with E-state index in [9.17, 15) is 4.79 Å². The average Bonchev–Trinajstić information content (AvgIpc) is 2.82. The van der Waals surface area contributed by atoms with Gasteiger partial charge in [-0.25, -0.2) is 4.79 Å².